The van der Waals surface area contributed by atoms with Gasteiger partial charge in [-0.3, -0.25) is 4.79 Å². The topological polar surface area (TPSA) is 97.1 Å². The molecular weight excluding hydrogens is 500 g/mol. The number of carbonyl (C=O) groups excluding carboxylic acids is 1. The molecule has 1 atom stereocenters. The Hall–Kier alpha value is -4.78. The van der Waals surface area contributed by atoms with Gasteiger partial charge in [0.25, 0.3) is 5.91 Å². The lowest BCUT2D eigenvalue weighted by molar-refractivity contribution is 0.0691. The third-order valence-corrected chi connectivity index (χ3v) is 7.24. The van der Waals surface area contributed by atoms with Crippen LogP contribution in [0, 0.1) is 6.92 Å². The van der Waals surface area contributed by atoms with Gasteiger partial charge in [-0.05, 0) is 66.3 Å². The monoisotopic (exact) mass is 532 g/mol. The minimum Gasteiger partial charge on any atom is -0.476 e. The molecule has 0 fully saturated rings. The van der Waals surface area contributed by atoms with Crippen LogP contribution in [-0.4, -0.2) is 31.5 Å². The molecule has 1 unspecified atom stereocenters. The molecule has 5 rings (SSSR count). The molecule has 0 aliphatic rings. The number of carboxylic acid groups (broad SMARTS) is 1. The molecule has 0 saturated heterocycles. The number of benzene rings is 3. The summed E-state index contributed by atoms with van der Waals surface area (Å²) in [4.78, 5) is 33.4. The summed E-state index contributed by atoms with van der Waals surface area (Å²) in [6.07, 6.45) is 1.48. The second-order valence-electron chi connectivity index (χ2n) is 10.4. The number of aromatic carboxylic acids is 1. The molecule has 1 amide bonds. The molecule has 202 valence electrons. The summed E-state index contributed by atoms with van der Waals surface area (Å²) in [6.45, 7) is 8.86. The highest BCUT2D eigenvalue weighted by Gasteiger charge is 2.16. The maximum absolute atomic E-state index is 13.1. The normalized spacial score (nSPS) is 12.0. The van der Waals surface area contributed by atoms with E-state index in [1.165, 1.54) is 11.8 Å². The number of aromatic nitrogens is 3. The van der Waals surface area contributed by atoms with E-state index in [2.05, 4.69) is 40.8 Å². The van der Waals surface area contributed by atoms with Gasteiger partial charge in [0.15, 0.2) is 5.69 Å². The number of fused-ring (bicyclic) bond motifs is 1. The maximum atomic E-state index is 13.1. The number of nitrogens with zero attached hydrogens (tertiary/aromatic N) is 3. The van der Waals surface area contributed by atoms with Crippen molar-refractivity contribution in [2.75, 3.05) is 0 Å². The number of hydrogen-bond acceptors (Lipinski definition) is 4. The van der Waals surface area contributed by atoms with Crippen molar-refractivity contribution in [3.8, 4) is 11.1 Å². The second kappa shape index (κ2) is 11.1. The first-order valence-electron chi connectivity index (χ1n) is 13.4. The average molecular weight is 533 g/mol. The zero-order valence-corrected chi connectivity index (χ0v) is 23.1. The predicted octanol–water partition coefficient (Wildman–Crippen LogP) is 6.77. The summed E-state index contributed by atoms with van der Waals surface area (Å²) in [5.74, 6) is 0.0784. The molecule has 40 heavy (non-hydrogen) atoms. The van der Waals surface area contributed by atoms with E-state index < -0.39 is 5.97 Å². The lowest BCUT2D eigenvalue weighted by Gasteiger charge is -2.16. The van der Waals surface area contributed by atoms with Crippen molar-refractivity contribution in [1.29, 1.82) is 0 Å². The van der Waals surface area contributed by atoms with E-state index in [9.17, 15) is 14.7 Å². The molecule has 0 radical (unpaired) electrons. The number of pyridine rings is 1. The van der Waals surface area contributed by atoms with E-state index in [4.69, 9.17) is 4.98 Å². The molecule has 0 aliphatic carbocycles. The molecule has 0 spiro atoms. The first kappa shape index (κ1) is 26.8. The van der Waals surface area contributed by atoms with Gasteiger partial charge in [-0.2, -0.15) is 0 Å². The van der Waals surface area contributed by atoms with Crippen LogP contribution in [0.2, 0.25) is 0 Å². The molecule has 2 heterocycles. The standard InChI is InChI=1S/C33H32N4O3/c1-20(2)25-7-5-8-26(17-25)21(3)35-32(38)27-14-15-30-29(18-27)36-22(4)37(30)19-23-10-12-24(13-11-23)28-9-6-16-34-31(28)33(39)40/h5-18,20-21H,19H2,1-4H3,(H,35,38)(H,39,40). The van der Waals surface area contributed by atoms with Crippen molar-refractivity contribution in [3.63, 3.8) is 0 Å². The molecule has 0 saturated carbocycles. The molecule has 7 nitrogen and oxygen atoms in total. The van der Waals surface area contributed by atoms with Gasteiger partial charge in [-0.1, -0.05) is 68.4 Å². The fourth-order valence-electron chi connectivity index (χ4n) is 4.92. The van der Waals surface area contributed by atoms with Gasteiger partial charge in [0, 0.05) is 23.9 Å². The fourth-order valence-corrected chi connectivity index (χ4v) is 4.92. The minimum absolute atomic E-state index is 0.0324. The van der Waals surface area contributed by atoms with Gasteiger partial charge in [0.05, 0.1) is 17.1 Å². The van der Waals surface area contributed by atoms with E-state index in [0.717, 1.165) is 33.5 Å². The predicted molar refractivity (Wildman–Crippen MR) is 157 cm³/mol. The smallest absolute Gasteiger partial charge is 0.355 e. The zero-order valence-electron chi connectivity index (χ0n) is 23.1. The Balaban J connectivity index is 1.33. The van der Waals surface area contributed by atoms with Crippen molar-refractivity contribution in [2.45, 2.75) is 46.2 Å². The van der Waals surface area contributed by atoms with E-state index in [-0.39, 0.29) is 17.6 Å². The van der Waals surface area contributed by atoms with Gasteiger partial charge >= 0.3 is 5.97 Å². The highest BCUT2D eigenvalue weighted by atomic mass is 16.4. The van der Waals surface area contributed by atoms with E-state index in [0.29, 0.717) is 23.6 Å². The zero-order chi connectivity index (χ0) is 28.4. The Labute approximate surface area is 233 Å². The van der Waals surface area contributed by atoms with Gasteiger partial charge in [0.2, 0.25) is 0 Å². The third-order valence-electron chi connectivity index (χ3n) is 7.24. The Kier molecular flexibility index (Phi) is 7.47. The summed E-state index contributed by atoms with van der Waals surface area (Å²) in [7, 11) is 0. The number of hydrogen-bond donors (Lipinski definition) is 2. The quantitative estimate of drug-likeness (QED) is 0.230. The molecule has 5 aromatic rings. The molecule has 7 heteroatoms. The van der Waals surface area contributed by atoms with Crippen molar-refractivity contribution >= 4 is 22.9 Å². The van der Waals surface area contributed by atoms with Crippen molar-refractivity contribution in [2.24, 2.45) is 0 Å². The van der Waals surface area contributed by atoms with Crippen LogP contribution in [0.5, 0.6) is 0 Å². The number of carbonyl (C=O) groups is 2. The largest absolute Gasteiger partial charge is 0.476 e. The minimum atomic E-state index is -1.05. The van der Waals surface area contributed by atoms with Crippen LogP contribution < -0.4 is 5.32 Å². The number of amides is 1. The Bertz CT molecular complexity index is 1700. The fraction of sp³-hybridized carbons (Fsp3) is 0.212. The SMILES string of the molecule is Cc1nc2cc(C(=O)NC(C)c3cccc(C(C)C)c3)ccc2n1Cc1ccc(-c2cccnc2C(=O)O)cc1. The Morgan fingerprint density at radius 3 is 2.40 bits per heavy atom. The number of carboxylic acids is 1. The molecule has 2 N–H and O–H groups in total. The summed E-state index contributed by atoms with van der Waals surface area (Å²) in [5.41, 5.74) is 7.05. The van der Waals surface area contributed by atoms with Gasteiger partial charge in [-0.15, -0.1) is 0 Å². The molecular formula is C33H32N4O3. The summed E-state index contributed by atoms with van der Waals surface area (Å²) in [6, 6.07) is 25.1. The average Bonchev–Trinajstić information content (AvgIpc) is 3.27. The number of aryl methyl sites for hydroxylation is 1. The number of rotatable bonds is 8. The van der Waals surface area contributed by atoms with Gasteiger partial charge in [0.1, 0.15) is 5.82 Å². The van der Waals surface area contributed by atoms with Crippen LogP contribution in [0.3, 0.4) is 0 Å². The van der Waals surface area contributed by atoms with Crippen molar-refractivity contribution in [1.82, 2.24) is 19.9 Å². The van der Waals surface area contributed by atoms with E-state index in [1.54, 1.807) is 12.1 Å². The molecule has 2 aromatic heterocycles. The van der Waals surface area contributed by atoms with Crippen LogP contribution in [-0.2, 0) is 6.54 Å². The van der Waals surface area contributed by atoms with Crippen LogP contribution in [0.1, 0.15) is 76.1 Å². The third kappa shape index (κ3) is 5.50. The lowest BCUT2D eigenvalue weighted by Crippen LogP contribution is -2.26. The van der Waals surface area contributed by atoms with Crippen LogP contribution in [0.15, 0.2) is 85.1 Å². The molecule has 0 bridgehead atoms. The Morgan fingerprint density at radius 2 is 1.68 bits per heavy atom. The summed E-state index contributed by atoms with van der Waals surface area (Å²) in [5, 5.41) is 12.6. The van der Waals surface area contributed by atoms with Crippen LogP contribution in [0.25, 0.3) is 22.2 Å². The molecule has 3 aromatic carbocycles. The van der Waals surface area contributed by atoms with Crippen molar-refractivity contribution in [3.05, 3.63) is 119 Å². The second-order valence-corrected chi connectivity index (χ2v) is 10.4. The van der Waals surface area contributed by atoms with Gasteiger partial charge < -0.3 is 15.0 Å². The van der Waals surface area contributed by atoms with Crippen LogP contribution >= 0.6 is 0 Å². The highest BCUT2D eigenvalue weighted by molar-refractivity contribution is 5.97. The van der Waals surface area contributed by atoms with Crippen LogP contribution in [0.4, 0.5) is 0 Å². The summed E-state index contributed by atoms with van der Waals surface area (Å²) >= 11 is 0. The Morgan fingerprint density at radius 1 is 0.925 bits per heavy atom. The summed E-state index contributed by atoms with van der Waals surface area (Å²) < 4.78 is 2.11. The first-order chi connectivity index (χ1) is 19.2. The maximum Gasteiger partial charge on any atom is 0.355 e. The van der Waals surface area contributed by atoms with Crippen molar-refractivity contribution < 1.29 is 14.7 Å². The van der Waals surface area contributed by atoms with Gasteiger partial charge in [-0.25, -0.2) is 14.8 Å². The number of imidazole rings is 1. The number of nitrogens with one attached hydrogen (secondary N) is 1. The molecule has 0 aliphatic heterocycles. The van der Waals surface area contributed by atoms with E-state index >= 15 is 0 Å². The van der Waals surface area contributed by atoms with E-state index in [1.807, 2.05) is 68.4 Å². The highest BCUT2D eigenvalue weighted by Crippen LogP contribution is 2.25. The first-order valence-corrected chi connectivity index (χ1v) is 13.4. The lowest BCUT2D eigenvalue weighted by atomic mass is 9.98.